The lowest BCUT2D eigenvalue weighted by Gasteiger charge is -2.26. The molecule has 3 aromatic rings. The highest BCUT2D eigenvalue weighted by molar-refractivity contribution is 7.14. The number of thiazole rings is 1. The first-order valence-corrected chi connectivity index (χ1v) is 11.0. The van der Waals surface area contributed by atoms with Gasteiger partial charge in [-0.25, -0.2) is 4.98 Å². The summed E-state index contributed by atoms with van der Waals surface area (Å²) < 4.78 is 5.15. The zero-order valence-electron chi connectivity index (χ0n) is 15.2. The molecule has 1 aliphatic carbocycles. The van der Waals surface area contributed by atoms with Gasteiger partial charge in [-0.2, -0.15) is 11.3 Å². The third-order valence-electron chi connectivity index (χ3n) is 4.71. The molecule has 0 fully saturated rings. The number of carbonyl (C=O) groups is 2. The number of aryl methyl sites for hydroxylation is 1. The first-order chi connectivity index (χ1) is 13.7. The summed E-state index contributed by atoms with van der Waals surface area (Å²) in [5.41, 5.74) is 4.16. The van der Waals surface area contributed by atoms with Crippen molar-refractivity contribution in [2.45, 2.75) is 31.7 Å². The Hall–Kier alpha value is -2.51. The van der Waals surface area contributed by atoms with Crippen molar-refractivity contribution < 1.29 is 14.3 Å². The van der Waals surface area contributed by atoms with E-state index in [1.54, 1.807) is 11.3 Å². The number of rotatable bonds is 6. The van der Waals surface area contributed by atoms with Gasteiger partial charge in [-0.15, -0.1) is 11.3 Å². The largest absolute Gasteiger partial charge is 0.455 e. The van der Waals surface area contributed by atoms with E-state index in [9.17, 15) is 9.59 Å². The number of thiophene rings is 1. The Bertz CT molecular complexity index is 966. The third-order valence-corrected chi connectivity index (χ3v) is 6.34. The Morgan fingerprint density at radius 1 is 1.21 bits per heavy atom. The highest BCUT2D eigenvalue weighted by Gasteiger charge is 2.22. The molecule has 0 bridgehead atoms. The number of fused-ring (bicyclic) bond motifs is 1. The van der Waals surface area contributed by atoms with Crippen LogP contribution in [-0.4, -0.2) is 23.5 Å². The number of nitrogens with one attached hydrogen (secondary N) is 1. The number of hydrogen-bond donors (Lipinski definition) is 1. The van der Waals surface area contributed by atoms with E-state index >= 15 is 0 Å². The third kappa shape index (κ3) is 4.48. The first-order valence-electron chi connectivity index (χ1n) is 9.19. The van der Waals surface area contributed by atoms with Crippen LogP contribution in [0.5, 0.6) is 0 Å². The standard InChI is InChI=1S/C21H20N2O3S2/c24-19(23-18-7-3-5-14-4-1-2-6-17(14)18)11-26-20(25)10-16-13-28-21(22-16)15-8-9-27-12-15/h1-2,4,6,8-9,12-13,18H,3,5,7,10-11H2,(H,23,24)/t18-/m0/s1. The Balaban J connectivity index is 1.27. The highest BCUT2D eigenvalue weighted by Crippen LogP contribution is 2.29. The normalized spacial score (nSPS) is 15.6. The molecular weight excluding hydrogens is 392 g/mol. The lowest BCUT2D eigenvalue weighted by atomic mass is 9.88. The number of esters is 1. The van der Waals surface area contributed by atoms with E-state index in [0.717, 1.165) is 35.4 Å². The Morgan fingerprint density at radius 3 is 2.96 bits per heavy atom. The molecule has 0 saturated heterocycles. The van der Waals surface area contributed by atoms with Crippen molar-refractivity contribution in [2.75, 3.05) is 6.61 Å². The fraction of sp³-hybridized carbons (Fsp3) is 0.286. The number of benzene rings is 1. The van der Waals surface area contributed by atoms with Gasteiger partial charge in [0, 0.05) is 16.3 Å². The molecule has 1 atom stereocenters. The molecular formula is C21H20N2O3S2. The molecule has 7 heteroatoms. The molecule has 0 saturated carbocycles. The van der Waals surface area contributed by atoms with Gasteiger partial charge in [-0.05, 0) is 41.8 Å². The fourth-order valence-corrected chi connectivity index (χ4v) is 4.92. The van der Waals surface area contributed by atoms with E-state index in [1.165, 1.54) is 16.9 Å². The summed E-state index contributed by atoms with van der Waals surface area (Å²) >= 11 is 3.11. The average Bonchev–Trinajstić information content (AvgIpc) is 3.38. The number of carbonyl (C=O) groups excluding carboxylic acids is 2. The Labute approximate surface area is 171 Å². The molecule has 0 unspecified atom stereocenters. The number of nitrogens with zero attached hydrogens (tertiary/aromatic N) is 1. The maximum atomic E-state index is 12.2. The quantitative estimate of drug-likeness (QED) is 0.618. The molecule has 0 aliphatic heterocycles. The van der Waals surface area contributed by atoms with Crippen LogP contribution in [0, 0.1) is 0 Å². The molecule has 0 radical (unpaired) electrons. The van der Waals surface area contributed by atoms with Crippen LogP contribution in [0.15, 0.2) is 46.5 Å². The molecule has 144 valence electrons. The number of amides is 1. The van der Waals surface area contributed by atoms with Gasteiger partial charge in [-0.3, -0.25) is 9.59 Å². The van der Waals surface area contributed by atoms with Gasteiger partial charge >= 0.3 is 5.97 Å². The number of hydrogen-bond acceptors (Lipinski definition) is 6. The second-order valence-corrected chi connectivity index (χ2v) is 8.34. The van der Waals surface area contributed by atoms with Crippen molar-refractivity contribution in [1.29, 1.82) is 0 Å². The fourth-order valence-electron chi connectivity index (χ4n) is 3.39. The lowest BCUT2D eigenvalue weighted by molar-refractivity contribution is -0.148. The summed E-state index contributed by atoms with van der Waals surface area (Å²) in [6, 6.07) is 10.2. The van der Waals surface area contributed by atoms with Crippen molar-refractivity contribution in [3.8, 4) is 10.6 Å². The smallest absolute Gasteiger partial charge is 0.312 e. The van der Waals surface area contributed by atoms with Crippen molar-refractivity contribution in [3.63, 3.8) is 0 Å². The van der Waals surface area contributed by atoms with Crippen molar-refractivity contribution in [2.24, 2.45) is 0 Å². The van der Waals surface area contributed by atoms with Gasteiger partial charge in [0.25, 0.3) is 5.91 Å². The van der Waals surface area contributed by atoms with Crippen LogP contribution in [-0.2, 0) is 27.2 Å². The summed E-state index contributed by atoms with van der Waals surface area (Å²) in [7, 11) is 0. The molecule has 1 aromatic carbocycles. The van der Waals surface area contributed by atoms with Crippen molar-refractivity contribution in [3.05, 3.63) is 63.3 Å². The van der Waals surface area contributed by atoms with Gasteiger partial charge in [-0.1, -0.05) is 24.3 Å². The van der Waals surface area contributed by atoms with Crippen LogP contribution >= 0.6 is 22.7 Å². The van der Waals surface area contributed by atoms with E-state index in [2.05, 4.69) is 22.4 Å². The van der Waals surface area contributed by atoms with Gasteiger partial charge in [0.2, 0.25) is 0 Å². The van der Waals surface area contributed by atoms with Crippen LogP contribution in [0.2, 0.25) is 0 Å². The Kier molecular flexibility index (Phi) is 5.83. The maximum Gasteiger partial charge on any atom is 0.312 e. The zero-order valence-corrected chi connectivity index (χ0v) is 16.9. The predicted molar refractivity (Wildman–Crippen MR) is 110 cm³/mol. The topological polar surface area (TPSA) is 68.3 Å². The van der Waals surface area contributed by atoms with Gasteiger partial charge in [0.05, 0.1) is 18.2 Å². The first kappa shape index (κ1) is 18.8. The van der Waals surface area contributed by atoms with Gasteiger partial charge in [0.15, 0.2) is 6.61 Å². The van der Waals surface area contributed by atoms with E-state index in [-0.39, 0.29) is 25.0 Å². The minimum atomic E-state index is -0.443. The van der Waals surface area contributed by atoms with Crippen molar-refractivity contribution >= 4 is 34.6 Å². The molecule has 1 aliphatic rings. The Morgan fingerprint density at radius 2 is 2.11 bits per heavy atom. The number of aromatic nitrogens is 1. The van der Waals surface area contributed by atoms with E-state index in [0.29, 0.717) is 5.69 Å². The van der Waals surface area contributed by atoms with Crippen LogP contribution < -0.4 is 5.32 Å². The lowest BCUT2D eigenvalue weighted by Crippen LogP contribution is -2.34. The van der Waals surface area contributed by atoms with Crippen LogP contribution in [0.25, 0.3) is 10.6 Å². The summed E-state index contributed by atoms with van der Waals surface area (Å²) in [5, 5.41) is 9.75. The van der Waals surface area contributed by atoms with E-state index < -0.39 is 5.97 Å². The van der Waals surface area contributed by atoms with Gasteiger partial charge < -0.3 is 10.1 Å². The molecule has 1 N–H and O–H groups in total. The van der Waals surface area contributed by atoms with E-state index in [1.807, 2.05) is 34.3 Å². The summed E-state index contributed by atoms with van der Waals surface area (Å²) in [5.74, 6) is -0.714. The molecule has 28 heavy (non-hydrogen) atoms. The monoisotopic (exact) mass is 412 g/mol. The van der Waals surface area contributed by atoms with Gasteiger partial charge in [0.1, 0.15) is 5.01 Å². The summed E-state index contributed by atoms with van der Waals surface area (Å²) in [4.78, 5) is 28.8. The summed E-state index contributed by atoms with van der Waals surface area (Å²) in [6.07, 6.45) is 3.05. The van der Waals surface area contributed by atoms with E-state index in [4.69, 9.17) is 4.74 Å². The minimum absolute atomic E-state index is 0.0112. The SMILES string of the molecule is O=C(COC(=O)Cc1csc(-c2ccsc2)n1)N[C@H]1CCCc2ccccc21. The predicted octanol–water partition coefficient (Wildman–Crippen LogP) is 4.15. The molecule has 2 aromatic heterocycles. The molecule has 1 amide bonds. The van der Waals surface area contributed by atoms with Crippen LogP contribution in [0.1, 0.15) is 35.7 Å². The second kappa shape index (κ2) is 8.67. The minimum Gasteiger partial charge on any atom is -0.455 e. The molecule has 4 rings (SSSR count). The van der Waals surface area contributed by atoms with Crippen LogP contribution in [0.3, 0.4) is 0 Å². The summed E-state index contributed by atoms with van der Waals surface area (Å²) in [6.45, 7) is -0.265. The number of ether oxygens (including phenoxy) is 1. The highest BCUT2D eigenvalue weighted by atomic mass is 32.1. The second-order valence-electron chi connectivity index (χ2n) is 6.70. The maximum absolute atomic E-state index is 12.2. The molecule has 0 spiro atoms. The zero-order chi connectivity index (χ0) is 19.3. The molecule has 2 heterocycles. The average molecular weight is 413 g/mol. The van der Waals surface area contributed by atoms with Crippen molar-refractivity contribution in [1.82, 2.24) is 10.3 Å². The molecule has 5 nitrogen and oxygen atoms in total. The van der Waals surface area contributed by atoms with Crippen LogP contribution in [0.4, 0.5) is 0 Å².